The predicted octanol–water partition coefficient (Wildman–Crippen LogP) is 0.580. The Hall–Kier alpha value is -3.17. The van der Waals surface area contributed by atoms with Crippen LogP contribution in [0.5, 0.6) is 11.5 Å². The van der Waals surface area contributed by atoms with E-state index in [0.29, 0.717) is 0 Å². The van der Waals surface area contributed by atoms with E-state index in [4.69, 9.17) is 19.7 Å². The molecule has 1 rings (SSSR count). The molecule has 22 heavy (non-hydrogen) atoms. The van der Waals surface area contributed by atoms with Crippen molar-refractivity contribution in [1.29, 1.82) is 0 Å². The summed E-state index contributed by atoms with van der Waals surface area (Å²) in [6, 6.07) is 1.72. The number of nitro groups is 1. The Bertz CT molecular complexity index is 638. The Labute approximate surface area is 123 Å². The zero-order valence-corrected chi connectivity index (χ0v) is 11.4. The zero-order chi connectivity index (χ0) is 17.0. The molecular weight excluding hydrogens is 302 g/mol. The van der Waals surface area contributed by atoms with Gasteiger partial charge in [-0.3, -0.25) is 24.5 Å². The van der Waals surface area contributed by atoms with E-state index in [1.807, 2.05) is 0 Å². The van der Waals surface area contributed by atoms with Gasteiger partial charge in [0.15, 0.2) is 11.5 Å². The van der Waals surface area contributed by atoms with Crippen LogP contribution in [-0.4, -0.2) is 47.1 Å². The van der Waals surface area contributed by atoms with Crippen molar-refractivity contribution in [2.75, 3.05) is 14.2 Å². The molecule has 0 aromatic heterocycles. The second-order valence-corrected chi connectivity index (χ2v) is 3.96. The van der Waals surface area contributed by atoms with Crippen LogP contribution in [0.3, 0.4) is 0 Å². The van der Waals surface area contributed by atoms with E-state index in [1.165, 1.54) is 0 Å². The third-order valence-corrected chi connectivity index (χ3v) is 2.70. The Kier molecular flexibility index (Phi) is 5.00. The number of carbonyl (C=O) groups is 3. The van der Waals surface area contributed by atoms with Crippen LogP contribution in [0.4, 0.5) is 5.69 Å². The van der Waals surface area contributed by atoms with Gasteiger partial charge in [-0.15, -0.1) is 0 Å². The first-order valence-electron chi connectivity index (χ1n) is 5.64. The van der Waals surface area contributed by atoms with Gasteiger partial charge in [-0.1, -0.05) is 0 Å². The van der Waals surface area contributed by atoms with Gasteiger partial charge >= 0.3 is 17.6 Å². The van der Waals surface area contributed by atoms with E-state index >= 15 is 0 Å². The lowest BCUT2D eigenvalue weighted by molar-refractivity contribution is -0.385. The Balaban J connectivity index is 3.51. The summed E-state index contributed by atoms with van der Waals surface area (Å²) >= 11 is 0. The highest BCUT2D eigenvalue weighted by Gasteiger charge is 2.36. The van der Waals surface area contributed by atoms with Crippen LogP contribution < -0.4 is 9.47 Å². The number of nitro benzene ring substituents is 1. The number of ketones is 1. The lowest BCUT2D eigenvalue weighted by Gasteiger charge is -2.11. The molecule has 1 aromatic rings. The number of aliphatic carboxylic acids is 2. The molecular formula is C12H11NO9. The summed E-state index contributed by atoms with van der Waals surface area (Å²) in [5, 5.41) is 28.6. The lowest BCUT2D eigenvalue weighted by atomic mass is 9.97. The number of rotatable bonds is 7. The molecule has 0 spiro atoms. The zero-order valence-electron chi connectivity index (χ0n) is 11.4. The van der Waals surface area contributed by atoms with Crippen molar-refractivity contribution < 1.29 is 39.0 Å². The van der Waals surface area contributed by atoms with E-state index in [1.54, 1.807) is 0 Å². The molecule has 10 heteroatoms. The molecule has 2 N–H and O–H groups in total. The van der Waals surface area contributed by atoms with Crippen LogP contribution in [0.15, 0.2) is 12.1 Å². The molecule has 118 valence electrons. The fourth-order valence-electron chi connectivity index (χ4n) is 1.72. The second kappa shape index (κ2) is 6.52. The monoisotopic (exact) mass is 313 g/mol. The minimum Gasteiger partial charge on any atom is -0.493 e. The van der Waals surface area contributed by atoms with Crippen molar-refractivity contribution in [3.8, 4) is 11.5 Å². The Morgan fingerprint density at radius 1 is 1.14 bits per heavy atom. The summed E-state index contributed by atoms with van der Waals surface area (Å²) in [6.07, 6.45) is 0. The van der Waals surface area contributed by atoms with E-state index < -0.39 is 39.8 Å². The van der Waals surface area contributed by atoms with E-state index in [9.17, 15) is 24.5 Å². The first-order valence-corrected chi connectivity index (χ1v) is 5.64. The molecule has 0 saturated heterocycles. The van der Waals surface area contributed by atoms with Crippen molar-refractivity contribution in [3.05, 3.63) is 27.8 Å². The Morgan fingerprint density at radius 2 is 1.68 bits per heavy atom. The molecule has 0 fully saturated rings. The van der Waals surface area contributed by atoms with Gasteiger partial charge in [-0.05, 0) is 6.07 Å². The maximum atomic E-state index is 12.0. The smallest absolute Gasteiger partial charge is 0.325 e. The van der Waals surface area contributed by atoms with Gasteiger partial charge in [0.1, 0.15) is 0 Å². The average molecular weight is 313 g/mol. The number of carboxylic acid groups (broad SMARTS) is 2. The van der Waals surface area contributed by atoms with Gasteiger partial charge < -0.3 is 19.7 Å². The molecule has 0 aliphatic rings. The average Bonchev–Trinajstić information content (AvgIpc) is 2.44. The minimum atomic E-state index is -2.38. The fraction of sp³-hybridized carbons (Fsp3) is 0.250. The molecule has 0 amide bonds. The van der Waals surface area contributed by atoms with Crippen molar-refractivity contribution in [2.45, 2.75) is 0 Å². The number of carboxylic acids is 2. The lowest BCUT2D eigenvalue weighted by Crippen LogP contribution is -2.31. The van der Waals surface area contributed by atoms with Gasteiger partial charge in [0.25, 0.3) is 0 Å². The molecule has 0 saturated carbocycles. The quantitative estimate of drug-likeness (QED) is 0.318. The van der Waals surface area contributed by atoms with Crippen LogP contribution in [-0.2, 0) is 9.59 Å². The molecule has 0 unspecified atom stereocenters. The van der Waals surface area contributed by atoms with Crippen LogP contribution in [0.25, 0.3) is 0 Å². The third kappa shape index (κ3) is 3.11. The number of benzene rings is 1. The van der Waals surface area contributed by atoms with Crippen molar-refractivity contribution in [2.24, 2.45) is 5.92 Å². The van der Waals surface area contributed by atoms with E-state index in [0.717, 1.165) is 26.4 Å². The van der Waals surface area contributed by atoms with Crippen LogP contribution in [0, 0.1) is 16.0 Å². The number of Topliss-reactive ketones (excluding diaryl/α,β-unsaturated/α-hetero) is 1. The molecule has 0 heterocycles. The number of nitrogens with zero attached hydrogens (tertiary/aromatic N) is 1. The first kappa shape index (κ1) is 16.9. The molecule has 0 aliphatic heterocycles. The summed E-state index contributed by atoms with van der Waals surface area (Å²) in [4.78, 5) is 43.8. The molecule has 0 atom stereocenters. The van der Waals surface area contributed by atoms with Crippen molar-refractivity contribution in [1.82, 2.24) is 0 Å². The predicted molar refractivity (Wildman–Crippen MR) is 69.3 cm³/mol. The summed E-state index contributed by atoms with van der Waals surface area (Å²) in [5.74, 6) is -7.92. The number of carbonyl (C=O) groups excluding carboxylic acids is 1. The summed E-state index contributed by atoms with van der Waals surface area (Å²) < 4.78 is 9.65. The molecule has 0 bridgehead atoms. The van der Waals surface area contributed by atoms with Crippen LogP contribution in [0.1, 0.15) is 10.4 Å². The highest BCUT2D eigenvalue weighted by atomic mass is 16.6. The van der Waals surface area contributed by atoms with E-state index in [2.05, 4.69) is 0 Å². The second-order valence-electron chi connectivity index (χ2n) is 3.96. The first-order chi connectivity index (χ1) is 10.2. The number of hydrogen-bond acceptors (Lipinski definition) is 7. The van der Waals surface area contributed by atoms with E-state index in [-0.39, 0.29) is 11.5 Å². The van der Waals surface area contributed by atoms with Crippen LogP contribution >= 0.6 is 0 Å². The largest absolute Gasteiger partial charge is 0.493 e. The fourth-order valence-corrected chi connectivity index (χ4v) is 1.72. The highest BCUT2D eigenvalue weighted by Crippen LogP contribution is 2.38. The number of hydrogen-bond donors (Lipinski definition) is 2. The number of methoxy groups -OCH3 is 2. The van der Waals surface area contributed by atoms with Gasteiger partial charge in [0.05, 0.1) is 19.1 Å². The topological polar surface area (TPSA) is 153 Å². The molecule has 0 radical (unpaired) electrons. The van der Waals surface area contributed by atoms with Crippen molar-refractivity contribution >= 4 is 23.4 Å². The molecule has 10 nitrogen and oxygen atoms in total. The highest BCUT2D eigenvalue weighted by molar-refractivity contribution is 6.20. The summed E-state index contributed by atoms with van der Waals surface area (Å²) in [7, 11) is 2.30. The van der Waals surface area contributed by atoms with Gasteiger partial charge in [0.2, 0.25) is 11.7 Å². The minimum absolute atomic E-state index is 0.199. The molecule has 1 aromatic carbocycles. The molecule has 0 aliphatic carbocycles. The maximum Gasteiger partial charge on any atom is 0.325 e. The van der Waals surface area contributed by atoms with Gasteiger partial charge in [-0.2, -0.15) is 0 Å². The normalized spacial score (nSPS) is 10.1. The van der Waals surface area contributed by atoms with Crippen molar-refractivity contribution in [3.63, 3.8) is 0 Å². The summed E-state index contributed by atoms with van der Waals surface area (Å²) in [6.45, 7) is 0. The SMILES string of the molecule is COc1cc(C(=O)C(C(=O)O)C(=O)O)cc([N+](=O)[O-])c1OC. The Morgan fingerprint density at radius 3 is 2.05 bits per heavy atom. The van der Waals surface area contributed by atoms with Gasteiger partial charge in [0, 0.05) is 11.6 Å². The maximum absolute atomic E-state index is 12.0. The van der Waals surface area contributed by atoms with Gasteiger partial charge in [-0.25, -0.2) is 0 Å². The number of ether oxygens (including phenoxy) is 2. The third-order valence-electron chi connectivity index (χ3n) is 2.70. The standard InChI is InChI=1S/C12H11NO9/c1-21-7-4-5(3-6(13(19)20)10(7)22-2)9(14)8(11(15)16)12(17)18/h3-4,8H,1-2H3,(H,15,16)(H,17,18). The van der Waals surface area contributed by atoms with Crippen LogP contribution in [0.2, 0.25) is 0 Å². The summed E-state index contributed by atoms with van der Waals surface area (Å²) in [5.41, 5.74) is -1.14.